The lowest BCUT2D eigenvalue weighted by atomic mass is 10.1. The Labute approximate surface area is 122 Å². The molecule has 0 aliphatic carbocycles. The van der Waals surface area contributed by atoms with E-state index in [0.29, 0.717) is 16.2 Å². The monoisotopic (exact) mass is 345 g/mol. The van der Waals surface area contributed by atoms with Crippen LogP contribution in [0.3, 0.4) is 0 Å². The zero-order valence-corrected chi connectivity index (χ0v) is 11.8. The maximum Gasteiger partial charge on any atom is 0.131 e. The van der Waals surface area contributed by atoms with Crippen molar-refractivity contribution in [2.45, 2.75) is 6.10 Å². The molecule has 2 N–H and O–H groups in total. The van der Waals surface area contributed by atoms with Crippen molar-refractivity contribution in [3.8, 4) is 0 Å². The van der Waals surface area contributed by atoms with Gasteiger partial charge in [0.05, 0.1) is 6.10 Å². The van der Waals surface area contributed by atoms with Crippen molar-refractivity contribution < 1.29 is 18.3 Å². The SMILES string of the molecule is OC(CNc1ccc(F)cc1Br)c1ccc(F)cc1F. The molecule has 0 aliphatic rings. The molecule has 0 saturated heterocycles. The zero-order valence-electron chi connectivity index (χ0n) is 10.2. The topological polar surface area (TPSA) is 32.3 Å². The van der Waals surface area contributed by atoms with Crippen molar-refractivity contribution in [2.24, 2.45) is 0 Å². The van der Waals surface area contributed by atoms with Crippen LogP contribution in [-0.4, -0.2) is 11.7 Å². The van der Waals surface area contributed by atoms with Gasteiger partial charge in [-0.05, 0) is 40.2 Å². The van der Waals surface area contributed by atoms with Crippen molar-refractivity contribution in [1.82, 2.24) is 0 Å². The second kappa shape index (κ2) is 6.28. The number of benzene rings is 2. The number of aliphatic hydroxyl groups is 1. The van der Waals surface area contributed by atoms with Gasteiger partial charge >= 0.3 is 0 Å². The second-order valence-electron chi connectivity index (χ2n) is 4.19. The van der Waals surface area contributed by atoms with Gasteiger partial charge in [0.1, 0.15) is 17.5 Å². The molecule has 20 heavy (non-hydrogen) atoms. The molecular formula is C14H11BrF3NO. The molecule has 2 nitrogen and oxygen atoms in total. The van der Waals surface area contributed by atoms with Gasteiger partial charge in [0.25, 0.3) is 0 Å². The molecule has 2 aromatic rings. The van der Waals surface area contributed by atoms with Crippen LogP contribution >= 0.6 is 15.9 Å². The minimum absolute atomic E-state index is 0.00265. The second-order valence-corrected chi connectivity index (χ2v) is 5.04. The molecule has 0 amide bonds. The normalized spacial score (nSPS) is 12.2. The van der Waals surface area contributed by atoms with Gasteiger partial charge in [-0.15, -0.1) is 0 Å². The lowest BCUT2D eigenvalue weighted by Gasteiger charge is -2.15. The summed E-state index contributed by atoms with van der Waals surface area (Å²) < 4.78 is 39.6. The molecule has 0 saturated carbocycles. The molecule has 1 unspecified atom stereocenters. The van der Waals surface area contributed by atoms with Crippen LogP contribution in [-0.2, 0) is 0 Å². The maximum absolute atomic E-state index is 13.5. The lowest BCUT2D eigenvalue weighted by Crippen LogP contribution is -2.14. The fourth-order valence-corrected chi connectivity index (χ4v) is 2.21. The first-order chi connectivity index (χ1) is 9.47. The summed E-state index contributed by atoms with van der Waals surface area (Å²) >= 11 is 3.17. The fourth-order valence-electron chi connectivity index (χ4n) is 1.72. The van der Waals surface area contributed by atoms with Crippen LogP contribution in [0.25, 0.3) is 0 Å². The van der Waals surface area contributed by atoms with Gasteiger partial charge in [0.15, 0.2) is 0 Å². The Hall–Kier alpha value is -1.53. The minimum atomic E-state index is -1.15. The molecular weight excluding hydrogens is 335 g/mol. The van der Waals surface area contributed by atoms with Gasteiger partial charge in [-0.2, -0.15) is 0 Å². The van der Waals surface area contributed by atoms with E-state index in [9.17, 15) is 18.3 Å². The first kappa shape index (κ1) is 14.9. The van der Waals surface area contributed by atoms with E-state index in [2.05, 4.69) is 21.2 Å². The van der Waals surface area contributed by atoms with Crippen molar-refractivity contribution in [1.29, 1.82) is 0 Å². The maximum atomic E-state index is 13.5. The summed E-state index contributed by atoms with van der Waals surface area (Å²) in [4.78, 5) is 0. The molecule has 1 atom stereocenters. The third kappa shape index (κ3) is 3.52. The summed E-state index contributed by atoms with van der Waals surface area (Å²) in [6, 6.07) is 7.01. The predicted molar refractivity (Wildman–Crippen MR) is 73.9 cm³/mol. The Kier molecular flexibility index (Phi) is 4.67. The van der Waals surface area contributed by atoms with E-state index in [4.69, 9.17) is 0 Å². The van der Waals surface area contributed by atoms with Gasteiger partial charge in [-0.25, -0.2) is 13.2 Å². The molecule has 0 bridgehead atoms. The van der Waals surface area contributed by atoms with E-state index in [-0.39, 0.29) is 12.1 Å². The summed E-state index contributed by atoms with van der Waals surface area (Å²) in [5.41, 5.74) is 0.560. The highest BCUT2D eigenvalue weighted by atomic mass is 79.9. The van der Waals surface area contributed by atoms with E-state index >= 15 is 0 Å². The summed E-state index contributed by atoms with van der Waals surface area (Å²) in [5, 5.41) is 12.7. The molecule has 2 aromatic carbocycles. The Morgan fingerprint density at radius 2 is 1.70 bits per heavy atom. The quantitative estimate of drug-likeness (QED) is 0.877. The number of anilines is 1. The van der Waals surface area contributed by atoms with Crippen LogP contribution in [0.15, 0.2) is 40.9 Å². The molecule has 0 fully saturated rings. The van der Waals surface area contributed by atoms with E-state index in [1.165, 1.54) is 24.3 Å². The number of hydrogen-bond donors (Lipinski definition) is 2. The molecule has 0 aliphatic heterocycles. The number of nitrogens with one attached hydrogen (secondary N) is 1. The molecule has 2 rings (SSSR count). The molecule has 0 radical (unpaired) electrons. The van der Waals surface area contributed by atoms with Crippen molar-refractivity contribution in [3.63, 3.8) is 0 Å². The lowest BCUT2D eigenvalue weighted by molar-refractivity contribution is 0.186. The number of halogens is 4. The van der Waals surface area contributed by atoms with Crippen LogP contribution in [0.5, 0.6) is 0 Å². The van der Waals surface area contributed by atoms with Crippen molar-refractivity contribution in [2.75, 3.05) is 11.9 Å². The van der Waals surface area contributed by atoms with Crippen LogP contribution in [0.1, 0.15) is 11.7 Å². The third-order valence-electron chi connectivity index (χ3n) is 2.74. The Morgan fingerprint density at radius 3 is 2.35 bits per heavy atom. The number of hydrogen-bond acceptors (Lipinski definition) is 2. The van der Waals surface area contributed by atoms with Crippen LogP contribution in [0.4, 0.5) is 18.9 Å². The first-order valence-corrected chi connectivity index (χ1v) is 6.58. The van der Waals surface area contributed by atoms with Crippen molar-refractivity contribution in [3.05, 3.63) is 63.9 Å². The highest BCUT2D eigenvalue weighted by Gasteiger charge is 2.14. The summed E-state index contributed by atoms with van der Waals surface area (Å²) in [5.74, 6) is -1.90. The van der Waals surface area contributed by atoms with Crippen LogP contribution < -0.4 is 5.32 Å². The Balaban J connectivity index is 2.06. The average Bonchev–Trinajstić information content (AvgIpc) is 2.37. The predicted octanol–water partition coefficient (Wildman–Crippen LogP) is 4.01. The number of rotatable bonds is 4. The molecule has 6 heteroatoms. The van der Waals surface area contributed by atoms with E-state index in [1.54, 1.807) is 0 Å². The van der Waals surface area contributed by atoms with Gasteiger partial charge in [0.2, 0.25) is 0 Å². The molecule has 0 spiro atoms. The van der Waals surface area contributed by atoms with Crippen LogP contribution in [0, 0.1) is 17.5 Å². The smallest absolute Gasteiger partial charge is 0.131 e. The van der Waals surface area contributed by atoms with Gasteiger partial charge in [-0.3, -0.25) is 0 Å². The minimum Gasteiger partial charge on any atom is -0.386 e. The standard InChI is InChI=1S/C14H11BrF3NO/c15-11-5-8(16)2-4-13(11)19-7-14(20)10-3-1-9(17)6-12(10)18/h1-6,14,19-20H,7H2. The molecule has 0 aromatic heterocycles. The fraction of sp³-hybridized carbons (Fsp3) is 0.143. The highest BCUT2D eigenvalue weighted by molar-refractivity contribution is 9.10. The Bertz CT molecular complexity index is 621. The van der Waals surface area contributed by atoms with Crippen LogP contribution in [0.2, 0.25) is 0 Å². The first-order valence-electron chi connectivity index (χ1n) is 5.79. The van der Waals surface area contributed by atoms with E-state index < -0.39 is 23.6 Å². The molecule has 0 heterocycles. The Morgan fingerprint density at radius 1 is 1.05 bits per heavy atom. The van der Waals surface area contributed by atoms with Gasteiger partial charge in [0, 0.05) is 28.3 Å². The summed E-state index contributed by atoms with van der Waals surface area (Å²) in [6.45, 7) is 0.00673. The highest BCUT2D eigenvalue weighted by Crippen LogP contribution is 2.24. The summed E-state index contributed by atoms with van der Waals surface area (Å²) in [7, 11) is 0. The number of aliphatic hydroxyl groups excluding tert-OH is 1. The van der Waals surface area contributed by atoms with Crippen molar-refractivity contribution >= 4 is 21.6 Å². The van der Waals surface area contributed by atoms with Gasteiger partial charge < -0.3 is 10.4 Å². The van der Waals surface area contributed by atoms with E-state index in [0.717, 1.165) is 6.07 Å². The molecule has 106 valence electrons. The zero-order chi connectivity index (χ0) is 14.7. The largest absolute Gasteiger partial charge is 0.386 e. The summed E-state index contributed by atoms with van der Waals surface area (Å²) in [6.07, 6.45) is -1.15. The third-order valence-corrected chi connectivity index (χ3v) is 3.39. The van der Waals surface area contributed by atoms with E-state index in [1.807, 2.05) is 0 Å². The average molecular weight is 346 g/mol. The van der Waals surface area contributed by atoms with Gasteiger partial charge in [-0.1, -0.05) is 6.07 Å².